The molecule has 22 heavy (non-hydrogen) atoms. The lowest BCUT2D eigenvalue weighted by atomic mass is 10.1. The third-order valence-corrected chi connectivity index (χ3v) is 3.28. The van der Waals surface area contributed by atoms with Gasteiger partial charge in [-0.25, -0.2) is 9.78 Å². The van der Waals surface area contributed by atoms with E-state index in [0.717, 1.165) is 22.7 Å². The Hall–Kier alpha value is -2.63. The van der Waals surface area contributed by atoms with Crippen LogP contribution >= 0.6 is 0 Å². The first-order valence-corrected chi connectivity index (χ1v) is 7.12. The molecule has 116 valence electrons. The molecule has 2 rings (SSSR count). The van der Waals surface area contributed by atoms with Gasteiger partial charge in [0.15, 0.2) is 0 Å². The van der Waals surface area contributed by atoms with Crippen LogP contribution in [0.3, 0.4) is 0 Å². The molecule has 2 N–H and O–H groups in total. The van der Waals surface area contributed by atoms with E-state index >= 15 is 0 Å². The van der Waals surface area contributed by atoms with Crippen LogP contribution in [0.15, 0.2) is 29.5 Å². The number of rotatable bonds is 5. The highest BCUT2D eigenvalue weighted by molar-refractivity contribution is 6.03. The maximum atomic E-state index is 12.0. The minimum Gasteiger partial charge on any atom is -0.462 e. The lowest BCUT2D eigenvalue weighted by molar-refractivity contribution is 0.0525. The first-order chi connectivity index (χ1) is 10.5. The number of anilines is 1. The molecule has 0 saturated heterocycles. The van der Waals surface area contributed by atoms with Crippen molar-refractivity contribution in [2.75, 3.05) is 12.0 Å². The van der Waals surface area contributed by atoms with Crippen LogP contribution in [0.5, 0.6) is 0 Å². The number of carbonyl (C=O) groups is 1. The Kier molecular flexibility index (Phi) is 4.93. The molecular formula is C16H20N4O2. The number of H-pyrrole nitrogens is 1. The number of nitrogens with one attached hydrogen (secondary N) is 2. The summed E-state index contributed by atoms with van der Waals surface area (Å²) >= 11 is 0. The van der Waals surface area contributed by atoms with Crippen molar-refractivity contribution in [1.82, 2.24) is 9.97 Å². The van der Waals surface area contributed by atoms with Gasteiger partial charge in [0.25, 0.3) is 0 Å². The second kappa shape index (κ2) is 6.89. The topological polar surface area (TPSA) is 79.4 Å². The monoisotopic (exact) mass is 300 g/mol. The highest BCUT2D eigenvalue weighted by Gasteiger charge is 2.20. The fourth-order valence-corrected chi connectivity index (χ4v) is 2.25. The Morgan fingerprint density at radius 1 is 1.41 bits per heavy atom. The largest absolute Gasteiger partial charge is 0.462 e. The fourth-order valence-electron chi connectivity index (χ4n) is 2.25. The zero-order chi connectivity index (χ0) is 16.1. The van der Waals surface area contributed by atoms with Gasteiger partial charge in [-0.15, -0.1) is 0 Å². The zero-order valence-electron chi connectivity index (χ0n) is 13.2. The van der Waals surface area contributed by atoms with Gasteiger partial charge in [0, 0.05) is 11.9 Å². The number of aromatic nitrogens is 2. The predicted molar refractivity (Wildman–Crippen MR) is 86.3 cm³/mol. The summed E-state index contributed by atoms with van der Waals surface area (Å²) < 4.78 is 5.09. The van der Waals surface area contributed by atoms with Crippen LogP contribution in [0, 0.1) is 13.8 Å². The van der Waals surface area contributed by atoms with E-state index in [0.29, 0.717) is 18.0 Å². The van der Waals surface area contributed by atoms with E-state index in [2.05, 4.69) is 20.5 Å². The van der Waals surface area contributed by atoms with E-state index in [-0.39, 0.29) is 5.97 Å². The van der Waals surface area contributed by atoms with E-state index < -0.39 is 0 Å². The normalized spacial score (nSPS) is 11.4. The highest BCUT2D eigenvalue weighted by atomic mass is 16.5. The average Bonchev–Trinajstić information content (AvgIpc) is 2.81. The number of hydrogen-bond donors (Lipinski definition) is 2. The summed E-state index contributed by atoms with van der Waals surface area (Å²) in [7, 11) is 0. The summed E-state index contributed by atoms with van der Waals surface area (Å²) in [5, 5.41) is 4.31. The Balaban J connectivity index is 2.25. The van der Waals surface area contributed by atoms with Crippen molar-refractivity contribution >= 4 is 17.5 Å². The molecule has 0 amide bonds. The standard InChI is InChI=1S/C16H20N4O2/c1-5-22-16(21)14-10(2)15(18-11(14)3)12(4)19-20-13-8-6-7-9-17-13/h6-9,18H,5H2,1-4H3,(H,17,20). The highest BCUT2D eigenvalue weighted by Crippen LogP contribution is 2.20. The van der Waals surface area contributed by atoms with Crippen LogP contribution in [0.25, 0.3) is 0 Å². The van der Waals surface area contributed by atoms with E-state index in [1.807, 2.05) is 39.0 Å². The van der Waals surface area contributed by atoms with E-state index in [1.54, 1.807) is 13.1 Å². The molecule has 2 aromatic rings. The van der Waals surface area contributed by atoms with Crippen molar-refractivity contribution in [2.45, 2.75) is 27.7 Å². The van der Waals surface area contributed by atoms with Crippen LogP contribution in [-0.2, 0) is 4.74 Å². The molecule has 0 aromatic carbocycles. The number of esters is 1. The molecule has 0 radical (unpaired) electrons. The lowest BCUT2D eigenvalue weighted by Gasteiger charge is -2.04. The molecular weight excluding hydrogens is 280 g/mol. The van der Waals surface area contributed by atoms with Crippen molar-refractivity contribution in [3.8, 4) is 0 Å². The van der Waals surface area contributed by atoms with Gasteiger partial charge in [-0.3, -0.25) is 5.43 Å². The number of hydrogen-bond acceptors (Lipinski definition) is 5. The molecule has 0 fully saturated rings. The molecule has 0 saturated carbocycles. The van der Waals surface area contributed by atoms with Gasteiger partial charge in [0.2, 0.25) is 0 Å². The van der Waals surface area contributed by atoms with Crippen molar-refractivity contribution in [2.24, 2.45) is 5.10 Å². The number of nitrogens with zero attached hydrogens (tertiary/aromatic N) is 2. The third-order valence-electron chi connectivity index (χ3n) is 3.28. The Morgan fingerprint density at radius 3 is 2.82 bits per heavy atom. The van der Waals surface area contributed by atoms with Gasteiger partial charge >= 0.3 is 5.97 Å². The van der Waals surface area contributed by atoms with Gasteiger partial charge in [0.1, 0.15) is 5.82 Å². The van der Waals surface area contributed by atoms with Crippen LogP contribution in [0.2, 0.25) is 0 Å². The average molecular weight is 300 g/mol. The molecule has 6 heteroatoms. The summed E-state index contributed by atoms with van der Waals surface area (Å²) in [5.74, 6) is 0.346. The minimum atomic E-state index is -0.314. The van der Waals surface area contributed by atoms with E-state index in [4.69, 9.17) is 4.74 Å². The summed E-state index contributed by atoms with van der Waals surface area (Å²) in [6.45, 7) is 7.74. The van der Waals surface area contributed by atoms with Crippen LogP contribution < -0.4 is 5.43 Å². The predicted octanol–water partition coefficient (Wildman–Crippen LogP) is 3.04. The van der Waals surface area contributed by atoms with Crippen molar-refractivity contribution in [3.63, 3.8) is 0 Å². The van der Waals surface area contributed by atoms with Crippen molar-refractivity contribution < 1.29 is 9.53 Å². The van der Waals surface area contributed by atoms with Crippen LogP contribution in [0.1, 0.15) is 41.2 Å². The molecule has 0 unspecified atom stereocenters. The number of ether oxygens (including phenoxy) is 1. The number of aromatic amines is 1. The smallest absolute Gasteiger partial charge is 0.340 e. The molecule has 2 heterocycles. The molecule has 0 aliphatic rings. The minimum absolute atomic E-state index is 0.314. The van der Waals surface area contributed by atoms with Gasteiger partial charge in [-0.05, 0) is 45.4 Å². The van der Waals surface area contributed by atoms with E-state index in [1.165, 1.54) is 0 Å². The summed E-state index contributed by atoms with van der Waals surface area (Å²) in [5.41, 5.74) is 6.62. The van der Waals surface area contributed by atoms with Gasteiger partial charge in [-0.2, -0.15) is 5.10 Å². The molecule has 6 nitrogen and oxygen atoms in total. The number of hydrazone groups is 1. The van der Waals surface area contributed by atoms with Gasteiger partial charge in [-0.1, -0.05) is 6.07 Å². The van der Waals surface area contributed by atoms with Gasteiger partial charge in [0.05, 0.1) is 23.6 Å². The van der Waals surface area contributed by atoms with E-state index in [9.17, 15) is 4.79 Å². The first-order valence-electron chi connectivity index (χ1n) is 7.12. The lowest BCUT2D eigenvalue weighted by Crippen LogP contribution is -2.07. The SMILES string of the molecule is CCOC(=O)c1c(C)[nH]c(C(C)=NNc2ccccn2)c1C. The molecule has 2 aromatic heterocycles. The summed E-state index contributed by atoms with van der Waals surface area (Å²) in [6, 6.07) is 5.54. The second-order valence-corrected chi connectivity index (χ2v) is 4.87. The molecule has 0 atom stereocenters. The molecule has 0 spiro atoms. The number of aryl methyl sites for hydroxylation is 1. The molecule has 0 bridgehead atoms. The summed E-state index contributed by atoms with van der Waals surface area (Å²) in [4.78, 5) is 19.3. The first kappa shape index (κ1) is 15.8. The third kappa shape index (κ3) is 3.33. The fraction of sp³-hybridized carbons (Fsp3) is 0.312. The Morgan fingerprint density at radius 2 is 2.18 bits per heavy atom. The quantitative estimate of drug-likeness (QED) is 0.505. The van der Waals surface area contributed by atoms with Crippen molar-refractivity contribution in [3.05, 3.63) is 46.9 Å². The zero-order valence-corrected chi connectivity index (χ0v) is 13.2. The van der Waals surface area contributed by atoms with Crippen LogP contribution in [0.4, 0.5) is 5.82 Å². The molecule has 0 aliphatic heterocycles. The second-order valence-electron chi connectivity index (χ2n) is 4.87. The Labute approximate surface area is 129 Å². The Bertz CT molecular complexity index is 690. The number of carbonyl (C=O) groups excluding carboxylic acids is 1. The van der Waals surface area contributed by atoms with Crippen molar-refractivity contribution in [1.29, 1.82) is 0 Å². The number of pyridine rings is 1. The maximum Gasteiger partial charge on any atom is 0.340 e. The maximum absolute atomic E-state index is 12.0. The summed E-state index contributed by atoms with van der Waals surface area (Å²) in [6.07, 6.45) is 1.69. The van der Waals surface area contributed by atoms with Gasteiger partial charge < -0.3 is 9.72 Å². The molecule has 0 aliphatic carbocycles. The van der Waals surface area contributed by atoms with Crippen LogP contribution in [-0.4, -0.2) is 28.3 Å².